The first kappa shape index (κ1) is 19.5. The summed E-state index contributed by atoms with van der Waals surface area (Å²) in [4.78, 5) is 16.3. The number of rotatable bonds is 8. The van der Waals surface area contributed by atoms with Crippen LogP contribution in [0.25, 0.3) is 0 Å². The summed E-state index contributed by atoms with van der Waals surface area (Å²) < 4.78 is 12.1. The van der Waals surface area contributed by atoms with Crippen molar-refractivity contribution in [3.63, 3.8) is 0 Å². The molecule has 0 radical (unpaired) electrons. The Morgan fingerprint density at radius 2 is 2.00 bits per heavy atom. The van der Waals surface area contributed by atoms with Crippen molar-refractivity contribution in [2.45, 2.75) is 6.61 Å². The Morgan fingerprint density at radius 1 is 1.18 bits per heavy atom. The third kappa shape index (κ3) is 5.34. The fraction of sp³-hybridized carbons (Fsp3) is 0.150. The summed E-state index contributed by atoms with van der Waals surface area (Å²) in [5, 5.41) is 14.8. The second kappa shape index (κ2) is 9.58. The quantitative estimate of drug-likeness (QED) is 0.517. The van der Waals surface area contributed by atoms with E-state index in [-0.39, 0.29) is 18.3 Å². The van der Waals surface area contributed by atoms with Crippen molar-refractivity contribution >= 4 is 27.7 Å². The molecular weight excluding hydrogens is 424 g/mol. The van der Waals surface area contributed by atoms with Gasteiger partial charge < -0.3 is 19.8 Å². The van der Waals surface area contributed by atoms with Gasteiger partial charge in [0.1, 0.15) is 30.0 Å². The van der Waals surface area contributed by atoms with Crippen molar-refractivity contribution in [1.29, 1.82) is 5.26 Å². The average molecular weight is 441 g/mol. The van der Waals surface area contributed by atoms with E-state index in [9.17, 15) is 4.79 Å². The molecule has 0 aliphatic heterocycles. The van der Waals surface area contributed by atoms with Crippen molar-refractivity contribution in [3.8, 4) is 11.8 Å². The number of hydrogen-bond donors (Lipinski definition) is 2. The Kier molecular flexibility index (Phi) is 6.65. The molecule has 7 nitrogen and oxygen atoms in total. The van der Waals surface area contributed by atoms with Crippen LogP contribution in [-0.2, 0) is 6.61 Å². The van der Waals surface area contributed by atoms with Crippen LogP contribution in [0.2, 0.25) is 0 Å². The number of pyridine rings is 1. The van der Waals surface area contributed by atoms with Gasteiger partial charge in [0, 0.05) is 23.8 Å². The molecule has 0 spiro atoms. The topological polar surface area (TPSA) is 100 Å². The highest BCUT2D eigenvalue weighted by molar-refractivity contribution is 9.10. The molecule has 142 valence electrons. The maximum atomic E-state index is 12.2. The lowest BCUT2D eigenvalue weighted by Crippen LogP contribution is -2.28. The normalized spacial score (nSPS) is 10.1. The number of benzene rings is 1. The van der Waals surface area contributed by atoms with E-state index < -0.39 is 0 Å². The monoisotopic (exact) mass is 440 g/mol. The highest BCUT2D eigenvalue weighted by atomic mass is 79.9. The number of aromatic nitrogens is 1. The molecule has 1 aromatic carbocycles. The van der Waals surface area contributed by atoms with E-state index in [4.69, 9.17) is 14.4 Å². The number of nitrogens with zero attached hydrogens (tertiary/aromatic N) is 2. The second-order valence-corrected chi connectivity index (χ2v) is 6.62. The third-order valence-corrected chi connectivity index (χ3v) is 4.24. The SMILES string of the molecule is N#Cc1cccnc1NCCNC(=O)c1ccc(COc2ccc(Br)cc2)o1. The van der Waals surface area contributed by atoms with Gasteiger partial charge in [0.25, 0.3) is 5.91 Å². The number of nitrogens with one attached hydrogen (secondary N) is 2. The number of hydrogen-bond acceptors (Lipinski definition) is 6. The van der Waals surface area contributed by atoms with Crippen molar-refractivity contribution in [3.05, 3.63) is 76.3 Å². The number of nitriles is 1. The predicted molar refractivity (Wildman–Crippen MR) is 107 cm³/mol. The van der Waals surface area contributed by atoms with Crippen molar-refractivity contribution in [2.75, 3.05) is 18.4 Å². The van der Waals surface area contributed by atoms with Crippen LogP contribution >= 0.6 is 15.9 Å². The predicted octanol–water partition coefficient (Wildman–Crippen LogP) is 3.73. The van der Waals surface area contributed by atoms with Crippen LogP contribution in [0.3, 0.4) is 0 Å². The summed E-state index contributed by atoms with van der Waals surface area (Å²) in [6, 6.07) is 16.2. The molecule has 3 aromatic rings. The largest absolute Gasteiger partial charge is 0.486 e. The first-order valence-corrected chi connectivity index (χ1v) is 9.29. The molecule has 2 aromatic heterocycles. The maximum absolute atomic E-state index is 12.2. The Hall–Kier alpha value is -3.31. The van der Waals surface area contributed by atoms with Crippen LogP contribution < -0.4 is 15.4 Å². The molecule has 0 saturated heterocycles. The first-order chi connectivity index (χ1) is 13.7. The minimum atomic E-state index is -0.321. The van der Waals surface area contributed by atoms with Crippen LogP contribution in [0.1, 0.15) is 21.9 Å². The Balaban J connectivity index is 1.43. The standard InChI is InChI=1S/C20H17BrN4O3/c21-15-3-5-16(6-4-15)27-13-17-7-8-18(28-17)20(26)25-11-10-24-19-14(12-22)2-1-9-23-19/h1-9H,10-11,13H2,(H,23,24)(H,25,26). The van der Waals surface area contributed by atoms with Gasteiger partial charge in [-0.15, -0.1) is 0 Å². The molecule has 0 saturated carbocycles. The van der Waals surface area contributed by atoms with Crippen molar-refractivity contribution in [1.82, 2.24) is 10.3 Å². The number of ether oxygens (including phenoxy) is 1. The van der Waals surface area contributed by atoms with Gasteiger partial charge in [-0.3, -0.25) is 4.79 Å². The summed E-state index contributed by atoms with van der Waals surface area (Å²) in [6.07, 6.45) is 1.60. The smallest absolute Gasteiger partial charge is 0.287 e. The van der Waals surface area contributed by atoms with Gasteiger partial charge in [-0.05, 0) is 48.5 Å². The Morgan fingerprint density at radius 3 is 2.79 bits per heavy atom. The molecule has 0 fully saturated rings. The molecular formula is C20H17BrN4O3. The summed E-state index contributed by atoms with van der Waals surface area (Å²) in [5.74, 6) is 1.65. The number of carbonyl (C=O) groups is 1. The van der Waals surface area contributed by atoms with E-state index in [1.165, 1.54) is 0 Å². The van der Waals surface area contributed by atoms with Gasteiger partial charge in [0.15, 0.2) is 5.76 Å². The Bertz CT molecular complexity index is 980. The molecule has 2 heterocycles. The minimum Gasteiger partial charge on any atom is -0.486 e. The molecule has 1 amide bonds. The lowest BCUT2D eigenvalue weighted by atomic mass is 10.3. The van der Waals surface area contributed by atoms with Crippen LogP contribution in [-0.4, -0.2) is 24.0 Å². The first-order valence-electron chi connectivity index (χ1n) is 8.50. The average Bonchev–Trinajstić information content (AvgIpc) is 3.20. The van der Waals surface area contributed by atoms with E-state index in [1.807, 2.05) is 24.3 Å². The van der Waals surface area contributed by atoms with E-state index in [0.717, 1.165) is 4.47 Å². The minimum absolute atomic E-state index is 0.213. The summed E-state index contributed by atoms with van der Waals surface area (Å²) >= 11 is 3.37. The van der Waals surface area contributed by atoms with Gasteiger partial charge in [0.2, 0.25) is 0 Å². The zero-order valence-electron chi connectivity index (χ0n) is 14.8. The highest BCUT2D eigenvalue weighted by Gasteiger charge is 2.11. The zero-order valence-corrected chi connectivity index (χ0v) is 16.4. The van der Waals surface area contributed by atoms with Crippen LogP contribution in [0.15, 0.2) is 63.6 Å². The van der Waals surface area contributed by atoms with Gasteiger partial charge in [-0.25, -0.2) is 4.98 Å². The van der Waals surface area contributed by atoms with Gasteiger partial charge >= 0.3 is 0 Å². The number of amides is 1. The van der Waals surface area contributed by atoms with E-state index >= 15 is 0 Å². The molecule has 0 unspecified atom stereocenters. The molecule has 0 atom stereocenters. The van der Waals surface area contributed by atoms with Crippen LogP contribution in [0.4, 0.5) is 5.82 Å². The highest BCUT2D eigenvalue weighted by Crippen LogP contribution is 2.18. The summed E-state index contributed by atoms with van der Waals surface area (Å²) in [6.45, 7) is 1.01. The summed E-state index contributed by atoms with van der Waals surface area (Å²) in [5.41, 5.74) is 0.454. The lowest BCUT2D eigenvalue weighted by Gasteiger charge is -2.07. The third-order valence-electron chi connectivity index (χ3n) is 3.71. The second-order valence-electron chi connectivity index (χ2n) is 5.70. The van der Waals surface area contributed by atoms with E-state index in [2.05, 4.69) is 37.6 Å². The molecule has 0 aliphatic rings. The number of carbonyl (C=O) groups excluding carboxylic acids is 1. The molecule has 2 N–H and O–H groups in total. The molecule has 0 aliphatic carbocycles. The van der Waals surface area contributed by atoms with Gasteiger partial charge in [-0.2, -0.15) is 5.26 Å². The van der Waals surface area contributed by atoms with Crippen molar-refractivity contribution < 1.29 is 13.9 Å². The lowest BCUT2D eigenvalue weighted by molar-refractivity contribution is 0.0923. The van der Waals surface area contributed by atoms with Crippen LogP contribution in [0.5, 0.6) is 5.75 Å². The number of furan rings is 1. The fourth-order valence-corrected chi connectivity index (χ4v) is 2.61. The maximum Gasteiger partial charge on any atom is 0.287 e. The Labute approximate surface area is 170 Å². The number of anilines is 1. The van der Waals surface area contributed by atoms with Gasteiger partial charge in [-0.1, -0.05) is 15.9 Å². The van der Waals surface area contributed by atoms with E-state index in [1.54, 1.807) is 30.5 Å². The molecule has 28 heavy (non-hydrogen) atoms. The molecule has 3 rings (SSSR count). The molecule has 8 heteroatoms. The molecule has 0 bridgehead atoms. The van der Waals surface area contributed by atoms with Gasteiger partial charge in [0.05, 0.1) is 5.56 Å². The van der Waals surface area contributed by atoms with E-state index in [0.29, 0.717) is 36.0 Å². The number of halogens is 1. The summed E-state index contributed by atoms with van der Waals surface area (Å²) in [7, 11) is 0. The van der Waals surface area contributed by atoms with Crippen molar-refractivity contribution in [2.24, 2.45) is 0 Å². The zero-order chi connectivity index (χ0) is 19.8. The van der Waals surface area contributed by atoms with Crippen LogP contribution in [0, 0.1) is 11.3 Å². The fourth-order valence-electron chi connectivity index (χ4n) is 2.34.